The van der Waals surface area contributed by atoms with Crippen LogP contribution >= 0.6 is 11.3 Å². The van der Waals surface area contributed by atoms with E-state index in [0.717, 1.165) is 29.2 Å². The van der Waals surface area contributed by atoms with Gasteiger partial charge in [-0.05, 0) is 48.2 Å². The van der Waals surface area contributed by atoms with Gasteiger partial charge in [0.1, 0.15) is 0 Å². The fourth-order valence-electron chi connectivity index (χ4n) is 2.79. The van der Waals surface area contributed by atoms with Crippen molar-refractivity contribution in [2.75, 3.05) is 5.32 Å². The van der Waals surface area contributed by atoms with Gasteiger partial charge in [0.15, 0.2) is 5.13 Å². The molecule has 118 valence electrons. The molecule has 0 atom stereocenters. The van der Waals surface area contributed by atoms with E-state index in [1.54, 1.807) is 11.3 Å². The molecule has 0 spiro atoms. The Kier molecular flexibility index (Phi) is 4.26. The highest BCUT2D eigenvalue weighted by atomic mass is 32.1. The number of nitrogens with zero attached hydrogens (tertiary/aromatic N) is 1. The first-order chi connectivity index (χ1) is 11.9. The summed E-state index contributed by atoms with van der Waals surface area (Å²) in [6, 6.07) is 27.5. The highest BCUT2D eigenvalue weighted by Crippen LogP contribution is 2.28. The van der Waals surface area contributed by atoms with Crippen molar-refractivity contribution in [1.29, 1.82) is 0 Å². The van der Waals surface area contributed by atoms with Gasteiger partial charge in [-0.1, -0.05) is 65.9 Å². The normalized spacial score (nSPS) is 10.8. The van der Waals surface area contributed by atoms with E-state index in [2.05, 4.69) is 77.0 Å². The molecule has 0 saturated carbocycles. The van der Waals surface area contributed by atoms with Crippen molar-refractivity contribution in [2.45, 2.75) is 12.8 Å². The van der Waals surface area contributed by atoms with Crippen molar-refractivity contribution in [2.24, 2.45) is 0 Å². The Bertz CT molecular complexity index is 911. The zero-order chi connectivity index (χ0) is 16.2. The summed E-state index contributed by atoms with van der Waals surface area (Å²) in [6.07, 6.45) is 2.10. The van der Waals surface area contributed by atoms with Crippen molar-refractivity contribution < 1.29 is 0 Å². The zero-order valence-corrected chi connectivity index (χ0v) is 14.1. The average molecular weight is 330 g/mol. The molecule has 0 fully saturated rings. The standard InChI is InChI=1S/C21H18N2S/c1-2-7-16(8-3-1)13-14-17-9-6-10-18(15-17)22-21-23-19-11-4-5-12-20(19)24-21/h1-12,15H,13-14H2,(H,22,23). The van der Waals surface area contributed by atoms with Crippen LogP contribution in [0.15, 0.2) is 78.9 Å². The Morgan fingerprint density at radius 2 is 1.50 bits per heavy atom. The van der Waals surface area contributed by atoms with Gasteiger partial charge in [-0.3, -0.25) is 0 Å². The van der Waals surface area contributed by atoms with Crippen LogP contribution in [0.3, 0.4) is 0 Å². The maximum Gasteiger partial charge on any atom is 0.188 e. The second kappa shape index (κ2) is 6.85. The van der Waals surface area contributed by atoms with Gasteiger partial charge in [0.2, 0.25) is 0 Å². The molecule has 3 heteroatoms. The van der Waals surface area contributed by atoms with Gasteiger partial charge in [-0.25, -0.2) is 4.98 Å². The molecule has 4 aromatic rings. The molecule has 0 radical (unpaired) electrons. The van der Waals surface area contributed by atoms with Crippen LogP contribution in [-0.4, -0.2) is 4.98 Å². The van der Waals surface area contributed by atoms with Crippen LogP contribution < -0.4 is 5.32 Å². The van der Waals surface area contributed by atoms with Gasteiger partial charge in [0.05, 0.1) is 10.2 Å². The number of fused-ring (bicyclic) bond motifs is 1. The van der Waals surface area contributed by atoms with Crippen LogP contribution in [0.4, 0.5) is 10.8 Å². The van der Waals surface area contributed by atoms with E-state index in [1.165, 1.54) is 15.8 Å². The summed E-state index contributed by atoms with van der Waals surface area (Å²) >= 11 is 1.69. The van der Waals surface area contributed by atoms with E-state index in [9.17, 15) is 0 Å². The third kappa shape index (κ3) is 3.47. The highest BCUT2D eigenvalue weighted by Gasteiger charge is 2.04. The fraction of sp³-hybridized carbons (Fsp3) is 0.0952. The fourth-order valence-corrected chi connectivity index (χ4v) is 3.67. The van der Waals surface area contributed by atoms with Crippen LogP contribution in [0, 0.1) is 0 Å². The number of thiazole rings is 1. The number of hydrogen-bond donors (Lipinski definition) is 1. The van der Waals surface area contributed by atoms with Crippen molar-refractivity contribution in [1.82, 2.24) is 4.98 Å². The first kappa shape index (κ1) is 14.9. The molecule has 0 unspecified atom stereocenters. The molecule has 1 N–H and O–H groups in total. The molecule has 0 aliphatic rings. The average Bonchev–Trinajstić information content (AvgIpc) is 3.03. The van der Waals surface area contributed by atoms with Gasteiger partial charge >= 0.3 is 0 Å². The van der Waals surface area contributed by atoms with E-state index >= 15 is 0 Å². The molecule has 4 rings (SSSR count). The lowest BCUT2D eigenvalue weighted by Gasteiger charge is -2.06. The monoisotopic (exact) mass is 330 g/mol. The predicted molar refractivity (Wildman–Crippen MR) is 103 cm³/mol. The van der Waals surface area contributed by atoms with Gasteiger partial charge < -0.3 is 5.32 Å². The van der Waals surface area contributed by atoms with E-state index in [0.29, 0.717) is 0 Å². The number of rotatable bonds is 5. The van der Waals surface area contributed by atoms with Crippen LogP contribution in [0.5, 0.6) is 0 Å². The maximum absolute atomic E-state index is 4.64. The Balaban J connectivity index is 1.48. The van der Waals surface area contributed by atoms with Gasteiger partial charge in [-0.15, -0.1) is 0 Å². The van der Waals surface area contributed by atoms with Crippen LogP contribution in [-0.2, 0) is 12.8 Å². The summed E-state index contributed by atoms with van der Waals surface area (Å²) in [6.45, 7) is 0. The lowest BCUT2D eigenvalue weighted by atomic mass is 10.0. The molecule has 0 amide bonds. The summed E-state index contributed by atoms with van der Waals surface area (Å²) < 4.78 is 1.21. The Hall–Kier alpha value is -2.65. The molecule has 0 aliphatic carbocycles. The van der Waals surface area contributed by atoms with E-state index in [1.807, 2.05) is 12.1 Å². The van der Waals surface area contributed by atoms with E-state index < -0.39 is 0 Å². The van der Waals surface area contributed by atoms with Crippen LogP contribution in [0.25, 0.3) is 10.2 Å². The first-order valence-corrected chi connectivity index (χ1v) is 8.94. The quantitative estimate of drug-likeness (QED) is 0.498. The molecule has 0 aliphatic heterocycles. The third-order valence-corrected chi connectivity index (χ3v) is 4.97. The van der Waals surface area contributed by atoms with Gasteiger partial charge in [0, 0.05) is 5.69 Å². The number of hydrogen-bond acceptors (Lipinski definition) is 3. The molecular weight excluding hydrogens is 312 g/mol. The molecule has 1 heterocycles. The highest BCUT2D eigenvalue weighted by molar-refractivity contribution is 7.22. The van der Waals surface area contributed by atoms with Crippen LogP contribution in [0.1, 0.15) is 11.1 Å². The predicted octanol–water partition coefficient (Wildman–Crippen LogP) is 5.83. The van der Waals surface area contributed by atoms with Crippen molar-refractivity contribution in [3.8, 4) is 0 Å². The van der Waals surface area contributed by atoms with Crippen molar-refractivity contribution in [3.63, 3.8) is 0 Å². The number of nitrogens with one attached hydrogen (secondary N) is 1. The Morgan fingerprint density at radius 1 is 0.750 bits per heavy atom. The summed E-state index contributed by atoms with van der Waals surface area (Å²) in [7, 11) is 0. The molecule has 24 heavy (non-hydrogen) atoms. The van der Waals surface area contributed by atoms with Crippen molar-refractivity contribution in [3.05, 3.63) is 90.0 Å². The SMILES string of the molecule is c1ccc(CCc2cccc(Nc3nc4ccccc4s3)c2)cc1. The molecule has 2 nitrogen and oxygen atoms in total. The number of para-hydroxylation sites is 1. The number of anilines is 2. The molecular formula is C21H18N2S. The Morgan fingerprint density at radius 3 is 2.38 bits per heavy atom. The second-order valence-corrected chi connectivity index (χ2v) is 6.83. The maximum atomic E-state index is 4.64. The smallest absolute Gasteiger partial charge is 0.188 e. The molecule has 0 saturated heterocycles. The zero-order valence-electron chi connectivity index (χ0n) is 13.3. The van der Waals surface area contributed by atoms with E-state index in [4.69, 9.17) is 0 Å². The first-order valence-electron chi connectivity index (χ1n) is 8.12. The van der Waals surface area contributed by atoms with E-state index in [-0.39, 0.29) is 0 Å². The third-order valence-electron chi connectivity index (χ3n) is 4.02. The van der Waals surface area contributed by atoms with Crippen molar-refractivity contribution >= 4 is 32.4 Å². The molecule has 0 bridgehead atoms. The van der Waals surface area contributed by atoms with Gasteiger partial charge in [-0.2, -0.15) is 0 Å². The molecule has 3 aromatic carbocycles. The largest absolute Gasteiger partial charge is 0.332 e. The summed E-state index contributed by atoms with van der Waals surface area (Å²) in [5.74, 6) is 0. The molecule has 1 aromatic heterocycles. The summed E-state index contributed by atoms with van der Waals surface area (Å²) in [5, 5.41) is 4.38. The minimum atomic E-state index is 0.941. The minimum Gasteiger partial charge on any atom is -0.332 e. The summed E-state index contributed by atoms with van der Waals surface area (Å²) in [4.78, 5) is 4.64. The Labute approximate surface area is 145 Å². The topological polar surface area (TPSA) is 24.9 Å². The number of aromatic nitrogens is 1. The number of benzene rings is 3. The minimum absolute atomic E-state index is 0.941. The summed E-state index contributed by atoms with van der Waals surface area (Å²) in [5.41, 5.74) is 4.86. The van der Waals surface area contributed by atoms with Crippen LogP contribution in [0.2, 0.25) is 0 Å². The lowest BCUT2D eigenvalue weighted by molar-refractivity contribution is 0.961. The van der Waals surface area contributed by atoms with Gasteiger partial charge in [0.25, 0.3) is 0 Å². The lowest BCUT2D eigenvalue weighted by Crippen LogP contribution is -1.94. The number of aryl methyl sites for hydroxylation is 2. The second-order valence-electron chi connectivity index (χ2n) is 5.80.